The minimum atomic E-state index is -0.326. The van der Waals surface area contributed by atoms with Gasteiger partial charge in [0.25, 0.3) is 0 Å². The number of aliphatic hydroxyl groups excluding tert-OH is 1. The summed E-state index contributed by atoms with van der Waals surface area (Å²) in [5.74, 6) is 0.333. The summed E-state index contributed by atoms with van der Waals surface area (Å²) in [7, 11) is 2.13. The SMILES string of the molecule is CN1CCC(C(=O)NC[C@]2(c3ccccc3)CC[C@H](O)[C@@H](N3CCOCC3)CC2)CC1. The Labute approximate surface area is 186 Å². The van der Waals surface area contributed by atoms with Crippen molar-refractivity contribution in [3.05, 3.63) is 35.9 Å². The zero-order valence-corrected chi connectivity index (χ0v) is 19.0. The van der Waals surface area contributed by atoms with Gasteiger partial charge in [-0.25, -0.2) is 0 Å². The lowest BCUT2D eigenvalue weighted by molar-refractivity contribution is -0.126. The highest BCUT2D eigenvalue weighted by Gasteiger charge is 2.40. The van der Waals surface area contributed by atoms with Crippen molar-refractivity contribution in [2.75, 3.05) is 53.0 Å². The topological polar surface area (TPSA) is 65.0 Å². The lowest BCUT2D eigenvalue weighted by Gasteiger charge is -2.37. The summed E-state index contributed by atoms with van der Waals surface area (Å²) in [4.78, 5) is 17.7. The Morgan fingerprint density at radius 3 is 2.45 bits per heavy atom. The monoisotopic (exact) mass is 429 g/mol. The highest BCUT2D eigenvalue weighted by molar-refractivity contribution is 5.78. The Hall–Kier alpha value is -1.47. The molecule has 1 aliphatic carbocycles. The van der Waals surface area contributed by atoms with Crippen LogP contribution in [0.5, 0.6) is 0 Å². The third-order valence-electron chi connectivity index (χ3n) is 7.87. The van der Waals surface area contributed by atoms with Gasteiger partial charge in [-0.15, -0.1) is 0 Å². The molecule has 0 aromatic heterocycles. The number of hydrogen-bond donors (Lipinski definition) is 2. The van der Waals surface area contributed by atoms with Crippen molar-refractivity contribution in [2.24, 2.45) is 5.92 Å². The number of benzene rings is 1. The predicted octanol–water partition coefficient (Wildman–Crippen LogP) is 2.02. The number of piperidine rings is 1. The van der Waals surface area contributed by atoms with Crippen LogP contribution in [0.25, 0.3) is 0 Å². The van der Waals surface area contributed by atoms with E-state index in [0.717, 1.165) is 77.9 Å². The van der Waals surface area contributed by atoms with Gasteiger partial charge in [-0.3, -0.25) is 9.69 Å². The van der Waals surface area contributed by atoms with Gasteiger partial charge in [-0.2, -0.15) is 0 Å². The van der Waals surface area contributed by atoms with Crippen LogP contribution in [0.3, 0.4) is 0 Å². The van der Waals surface area contributed by atoms with E-state index in [9.17, 15) is 9.90 Å². The maximum atomic E-state index is 13.0. The highest BCUT2D eigenvalue weighted by atomic mass is 16.5. The van der Waals surface area contributed by atoms with Crippen LogP contribution in [-0.2, 0) is 14.9 Å². The number of rotatable bonds is 5. The molecule has 1 aromatic rings. The molecule has 0 spiro atoms. The number of nitrogens with one attached hydrogen (secondary N) is 1. The fraction of sp³-hybridized carbons (Fsp3) is 0.720. The second-order valence-corrected chi connectivity index (χ2v) is 9.80. The molecule has 3 fully saturated rings. The molecule has 1 saturated carbocycles. The first-order chi connectivity index (χ1) is 15.1. The van der Waals surface area contributed by atoms with E-state index < -0.39 is 0 Å². The number of carbonyl (C=O) groups is 1. The molecule has 6 nitrogen and oxygen atoms in total. The maximum Gasteiger partial charge on any atom is 0.223 e. The molecule has 2 heterocycles. The number of carbonyl (C=O) groups excluding carboxylic acids is 1. The lowest BCUT2D eigenvalue weighted by Crippen LogP contribution is -2.48. The van der Waals surface area contributed by atoms with E-state index >= 15 is 0 Å². The number of amides is 1. The van der Waals surface area contributed by atoms with E-state index in [1.807, 2.05) is 0 Å². The van der Waals surface area contributed by atoms with Crippen LogP contribution in [-0.4, -0.2) is 85.9 Å². The Morgan fingerprint density at radius 1 is 1.06 bits per heavy atom. The number of aliphatic hydroxyl groups is 1. The summed E-state index contributed by atoms with van der Waals surface area (Å²) in [5, 5.41) is 14.4. The highest BCUT2D eigenvalue weighted by Crippen LogP contribution is 2.39. The van der Waals surface area contributed by atoms with E-state index in [1.54, 1.807) is 0 Å². The van der Waals surface area contributed by atoms with Crippen molar-refractivity contribution in [3.8, 4) is 0 Å². The van der Waals surface area contributed by atoms with Crippen molar-refractivity contribution < 1.29 is 14.6 Å². The van der Waals surface area contributed by atoms with Gasteiger partial charge < -0.3 is 20.1 Å². The first-order valence-corrected chi connectivity index (χ1v) is 12.1. The molecule has 0 unspecified atom stereocenters. The second kappa shape index (κ2) is 10.4. The molecule has 6 heteroatoms. The number of likely N-dealkylation sites (tertiary alicyclic amines) is 1. The molecule has 0 bridgehead atoms. The Bertz CT molecular complexity index is 701. The van der Waals surface area contributed by atoms with Crippen LogP contribution < -0.4 is 5.32 Å². The molecule has 31 heavy (non-hydrogen) atoms. The molecule has 1 aromatic carbocycles. The summed E-state index contributed by atoms with van der Waals surface area (Å²) in [6.45, 7) is 5.94. The summed E-state index contributed by atoms with van der Waals surface area (Å²) in [5.41, 5.74) is 1.17. The summed E-state index contributed by atoms with van der Waals surface area (Å²) in [6, 6.07) is 10.8. The van der Waals surface area contributed by atoms with E-state index in [1.165, 1.54) is 5.56 Å². The van der Waals surface area contributed by atoms with E-state index in [0.29, 0.717) is 6.54 Å². The van der Waals surface area contributed by atoms with E-state index in [-0.39, 0.29) is 29.4 Å². The molecule has 2 saturated heterocycles. The minimum Gasteiger partial charge on any atom is -0.391 e. The molecule has 3 atom stereocenters. The number of nitrogens with zero attached hydrogens (tertiary/aromatic N) is 2. The summed E-state index contributed by atoms with van der Waals surface area (Å²) >= 11 is 0. The van der Waals surface area contributed by atoms with Gasteiger partial charge in [0.1, 0.15) is 0 Å². The van der Waals surface area contributed by atoms with Gasteiger partial charge in [-0.1, -0.05) is 30.3 Å². The number of ether oxygens (including phenoxy) is 1. The van der Waals surface area contributed by atoms with Gasteiger partial charge in [0.15, 0.2) is 0 Å². The van der Waals surface area contributed by atoms with E-state index in [4.69, 9.17) is 4.74 Å². The zero-order valence-electron chi connectivity index (χ0n) is 19.0. The van der Waals surface area contributed by atoms with Crippen LogP contribution in [0, 0.1) is 5.92 Å². The summed E-state index contributed by atoms with van der Waals surface area (Å²) < 4.78 is 5.52. The van der Waals surface area contributed by atoms with Crippen molar-refractivity contribution in [2.45, 2.75) is 56.1 Å². The molecule has 3 aliphatic rings. The van der Waals surface area contributed by atoms with Crippen molar-refractivity contribution >= 4 is 5.91 Å². The zero-order chi connectivity index (χ0) is 21.7. The molecular formula is C25H39N3O3. The third-order valence-corrected chi connectivity index (χ3v) is 7.87. The van der Waals surface area contributed by atoms with Gasteiger partial charge in [0.05, 0.1) is 19.3 Å². The molecule has 4 rings (SSSR count). The fourth-order valence-corrected chi connectivity index (χ4v) is 5.72. The second-order valence-electron chi connectivity index (χ2n) is 9.80. The molecule has 172 valence electrons. The van der Waals surface area contributed by atoms with Crippen LogP contribution in [0.2, 0.25) is 0 Å². The summed E-state index contributed by atoms with van der Waals surface area (Å²) in [6.07, 6.45) is 5.14. The largest absolute Gasteiger partial charge is 0.391 e. The Balaban J connectivity index is 1.47. The average Bonchev–Trinajstić information content (AvgIpc) is 2.99. The van der Waals surface area contributed by atoms with Crippen molar-refractivity contribution in [1.82, 2.24) is 15.1 Å². The minimum absolute atomic E-state index is 0.121. The standard InChI is InChI=1S/C25H39N3O3/c1-27-13-9-20(10-14-27)24(30)26-19-25(21-5-3-2-4-6-21)11-7-22(23(29)8-12-25)28-15-17-31-18-16-28/h2-6,20,22-23,29H,7-19H2,1H3,(H,26,30)/t22-,23-,25+/m0/s1. The van der Waals surface area contributed by atoms with Crippen molar-refractivity contribution in [1.29, 1.82) is 0 Å². The Kier molecular flexibility index (Phi) is 7.64. The van der Waals surface area contributed by atoms with Crippen molar-refractivity contribution in [3.63, 3.8) is 0 Å². The lowest BCUT2D eigenvalue weighted by atomic mass is 9.74. The smallest absolute Gasteiger partial charge is 0.223 e. The molecule has 1 amide bonds. The fourth-order valence-electron chi connectivity index (χ4n) is 5.72. The van der Waals surface area contributed by atoms with Crippen LogP contribution in [0.15, 0.2) is 30.3 Å². The van der Waals surface area contributed by atoms with Gasteiger partial charge in [0, 0.05) is 37.0 Å². The van der Waals surface area contributed by atoms with E-state index in [2.05, 4.69) is 52.5 Å². The first-order valence-electron chi connectivity index (χ1n) is 12.1. The average molecular weight is 430 g/mol. The van der Waals surface area contributed by atoms with Gasteiger partial charge in [0.2, 0.25) is 5.91 Å². The van der Waals surface area contributed by atoms with Crippen LogP contribution >= 0.6 is 0 Å². The molecule has 0 radical (unpaired) electrons. The molecule has 2 N–H and O–H groups in total. The van der Waals surface area contributed by atoms with Crippen LogP contribution in [0.1, 0.15) is 44.1 Å². The predicted molar refractivity (Wildman–Crippen MR) is 122 cm³/mol. The Morgan fingerprint density at radius 2 is 1.74 bits per heavy atom. The van der Waals surface area contributed by atoms with Gasteiger partial charge >= 0.3 is 0 Å². The molecule has 2 aliphatic heterocycles. The van der Waals surface area contributed by atoms with Crippen LogP contribution in [0.4, 0.5) is 0 Å². The number of morpholine rings is 1. The molecular weight excluding hydrogens is 390 g/mol. The third kappa shape index (κ3) is 5.48. The number of hydrogen-bond acceptors (Lipinski definition) is 5. The first kappa shape index (κ1) is 22.7. The quantitative estimate of drug-likeness (QED) is 0.701. The maximum absolute atomic E-state index is 13.0. The van der Waals surface area contributed by atoms with Gasteiger partial charge in [-0.05, 0) is 64.2 Å². The normalized spacial score (nSPS) is 31.8.